The molecule has 5 nitrogen and oxygen atoms in total. The van der Waals surface area contributed by atoms with Crippen LogP contribution in [0.15, 0.2) is 52.4 Å². The van der Waals surface area contributed by atoms with Crippen molar-refractivity contribution in [1.29, 1.82) is 0 Å². The second kappa shape index (κ2) is 9.39. The van der Waals surface area contributed by atoms with Crippen LogP contribution in [-0.2, 0) is 17.6 Å². The Bertz CT molecular complexity index is 1430. The molecular formula is C27H27N3O2S2. The molecule has 7 heteroatoms. The number of aryl methyl sites for hydroxylation is 5. The summed E-state index contributed by atoms with van der Waals surface area (Å²) < 4.78 is 1.68. The second-order valence-electron chi connectivity index (χ2n) is 8.97. The third-order valence-electron chi connectivity index (χ3n) is 6.09. The number of thiophene rings is 1. The Morgan fingerprint density at radius 1 is 1.03 bits per heavy atom. The van der Waals surface area contributed by atoms with E-state index in [4.69, 9.17) is 4.98 Å². The fraction of sp³-hybridized carbons (Fsp3) is 0.296. The SMILES string of the molecule is Cc1ccc(-n2c(SCC(=O)Nc3cc(C)cc(C)c3)nc3sc4c(c3c2=O)CCCC4)cc1. The number of nitrogens with zero attached hydrogens (tertiary/aromatic N) is 2. The lowest BCUT2D eigenvalue weighted by Crippen LogP contribution is -2.23. The van der Waals surface area contributed by atoms with Gasteiger partial charge in [-0.3, -0.25) is 14.2 Å². The number of hydrogen-bond donors (Lipinski definition) is 1. The Morgan fingerprint density at radius 2 is 1.74 bits per heavy atom. The van der Waals surface area contributed by atoms with Gasteiger partial charge in [-0.15, -0.1) is 11.3 Å². The maximum atomic E-state index is 13.8. The average molecular weight is 490 g/mol. The molecular weight excluding hydrogens is 462 g/mol. The number of hydrogen-bond acceptors (Lipinski definition) is 5. The van der Waals surface area contributed by atoms with E-state index in [1.807, 2.05) is 57.2 Å². The van der Waals surface area contributed by atoms with Crippen LogP contribution in [0.5, 0.6) is 0 Å². The second-order valence-corrected chi connectivity index (χ2v) is 11.0. The van der Waals surface area contributed by atoms with Gasteiger partial charge in [0.25, 0.3) is 5.56 Å². The van der Waals surface area contributed by atoms with E-state index in [2.05, 4.69) is 11.4 Å². The minimum Gasteiger partial charge on any atom is -0.325 e. The summed E-state index contributed by atoms with van der Waals surface area (Å²) in [5, 5.41) is 4.29. The predicted molar refractivity (Wildman–Crippen MR) is 142 cm³/mol. The average Bonchev–Trinajstić information content (AvgIpc) is 3.16. The maximum Gasteiger partial charge on any atom is 0.267 e. The molecule has 2 heterocycles. The summed E-state index contributed by atoms with van der Waals surface area (Å²) in [6.07, 6.45) is 4.22. The van der Waals surface area contributed by atoms with Gasteiger partial charge in [-0.1, -0.05) is 35.5 Å². The number of nitrogens with one attached hydrogen (secondary N) is 1. The van der Waals surface area contributed by atoms with E-state index in [1.54, 1.807) is 15.9 Å². The minimum absolute atomic E-state index is 0.0366. The van der Waals surface area contributed by atoms with Gasteiger partial charge >= 0.3 is 0 Å². The van der Waals surface area contributed by atoms with Gasteiger partial charge in [0.05, 0.1) is 16.8 Å². The number of rotatable bonds is 5. The number of benzene rings is 2. The first-order chi connectivity index (χ1) is 16.4. The van der Waals surface area contributed by atoms with Crippen molar-refractivity contribution in [3.63, 3.8) is 0 Å². The molecule has 0 saturated carbocycles. The zero-order chi connectivity index (χ0) is 23.8. The van der Waals surface area contributed by atoms with E-state index in [0.29, 0.717) is 5.16 Å². The fourth-order valence-electron chi connectivity index (χ4n) is 4.58. The lowest BCUT2D eigenvalue weighted by molar-refractivity contribution is -0.113. The topological polar surface area (TPSA) is 64.0 Å². The first kappa shape index (κ1) is 22.9. The van der Waals surface area contributed by atoms with E-state index in [0.717, 1.165) is 64.0 Å². The van der Waals surface area contributed by atoms with Crippen molar-refractivity contribution in [2.75, 3.05) is 11.1 Å². The largest absolute Gasteiger partial charge is 0.325 e. The molecule has 0 bridgehead atoms. The number of fused-ring (bicyclic) bond motifs is 3. The molecule has 2 aromatic carbocycles. The van der Waals surface area contributed by atoms with Gasteiger partial charge in [0.2, 0.25) is 5.91 Å². The Hall–Kier alpha value is -2.90. The van der Waals surface area contributed by atoms with Gasteiger partial charge in [0.15, 0.2) is 5.16 Å². The highest BCUT2D eigenvalue weighted by Crippen LogP contribution is 2.35. The Kier molecular flexibility index (Phi) is 6.32. The zero-order valence-electron chi connectivity index (χ0n) is 19.6. The van der Waals surface area contributed by atoms with Crippen molar-refractivity contribution in [3.8, 4) is 5.69 Å². The summed E-state index contributed by atoms with van der Waals surface area (Å²) in [5.74, 6) is 0.0484. The number of aromatic nitrogens is 2. The third-order valence-corrected chi connectivity index (χ3v) is 8.21. The lowest BCUT2D eigenvalue weighted by atomic mass is 9.97. The molecule has 1 aliphatic rings. The van der Waals surface area contributed by atoms with Crippen LogP contribution in [-0.4, -0.2) is 21.2 Å². The summed E-state index contributed by atoms with van der Waals surface area (Å²) in [5.41, 5.74) is 6.03. The van der Waals surface area contributed by atoms with Crippen molar-refractivity contribution in [2.45, 2.75) is 51.6 Å². The van der Waals surface area contributed by atoms with Crippen LogP contribution in [0.1, 0.15) is 40.0 Å². The molecule has 0 saturated heterocycles. The maximum absolute atomic E-state index is 13.8. The van der Waals surface area contributed by atoms with Gasteiger partial charge in [-0.05, 0) is 87.4 Å². The van der Waals surface area contributed by atoms with Crippen LogP contribution >= 0.6 is 23.1 Å². The van der Waals surface area contributed by atoms with Crippen LogP contribution in [0.3, 0.4) is 0 Å². The standard InChI is InChI=1S/C27H27N3O2S2/c1-16-8-10-20(11-9-16)30-26(32)24-21-6-4-5-7-22(21)34-25(24)29-27(30)33-15-23(31)28-19-13-17(2)12-18(3)14-19/h8-14H,4-7,15H2,1-3H3,(H,28,31). The van der Waals surface area contributed by atoms with Gasteiger partial charge in [0.1, 0.15) is 4.83 Å². The predicted octanol–water partition coefficient (Wildman–Crippen LogP) is 5.98. The smallest absolute Gasteiger partial charge is 0.267 e. The van der Waals surface area contributed by atoms with Crippen molar-refractivity contribution >= 4 is 44.9 Å². The third kappa shape index (κ3) is 4.55. The number of anilines is 1. The molecule has 1 amide bonds. The molecule has 0 aliphatic heterocycles. The molecule has 1 aliphatic carbocycles. The molecule has 0 unspecified atom stereocenters. The van der Waals surface area contributed by atoms with Crippen molar-refractivity contribution < 1.29 is 4.79 Å². The number of carbonyl (C=O) groups excluding carboxylic acids is 1. The molecule has 2 aromatic heterocycles. The quantitative estimate of drug-likeness (QED) is 0.277. The fourth-order valence-corrected chi connectivity index (χ4v) is 6.69. The Balaban J connectivity index is 1.51. The van der Waals surface area contributed by atoms with Crippen LogP contribution in [0.2, 0.25) is 0 Å². The summed E-state index contributed by atoms with van der Waals surface area (Å²) in [7, 11) is 0. The highest BCUT2D eigenvalue weighted by molar-refractivity contribution is 7.99. The van der Waals surface area contributed by atoms with E-state index < -0.39 is 0 Å². The molecule has 174 valence electrons. The zero-order valence-corrected chi connectivity index (χ0v) is 21.2. The first-order valence-corrected chi connectivity index (χ1v) is 13.3. The van der Waals surface area contributed by atoms with E-state index in [9.17, 15) is 9.59 Å². The number of thioether (sulfide) groups is 1. The summed E-state index contributed by atoms with van der Waals surface area (Å²) >= 11 is 2.94. The van der Waals surface area contributed by atoms with Crippen molar-refractivity contribution in [3.05, 3.63) is 79.9 Å². The molecule has 34 heavy (non-hydrogen) atoms. The molecule has 1 N–H and O–H groups in total. The van der Waals surface area contributed by atoms with Crippen molar-refractivity contribution in [2.24, 2.45) is 0 Å². The summed E-state index contributed by atoms with van der Waals surface area (Å²) in [4.78, 5) is 33.5. The number of amides is 1. The highest BCUT2D eigenvalue weighted by atomic mass is 32.2. The Labute approximate surface area is 207 Å². The van der Waals surface area contributed by atoms with Crippen LogP contribution in [0, 0.1) is 20.8 Å². The highest BCUT2D eigenvalue weighted by Gasteiger charge is 2.23. The minimum atomic E-state index is -0.120. The van der Waals surface area contributed by atoms with Gasteiger partial charge in [0, 0.05) is 10.6 Å². The summed E-state index contributed by atoms with van der Waals surface area (Å²) in [6.45, 7) is 6.05. The van der Waals surface area contributed by atoms with E-state index in [1.165, 1.54) is 22.2 Å². The van der Waals surface area contributed by atoms with Crippen LogP contribution < -0.4 is 10.9 Å². The molecule has 0 fully saturated rings. The molecule has 4 aromatic rings. The first-order valence-electron chi connectivity index (χ1n) is 11.5. The van der Waals surface area contributed by atoms with E-state index in [-0.39, 0.29) is 17.2 Å². The molecule has 0 spiro atoms. The molecule has 0 atom stereocenters. The van der Waals surface area contributed by atoms with Gasteiger partial charge in [-0.25, -0.2) is 4.98 Å². The Morgan fingerprint density at radius 3 is 2.47 bits per heavy atom. The molecule has 5 rings (SSSR count). The number of carbonyl (C=O) groups is 1. The van der Waals surface area contributed by atoms with Crippen LogP contribution in [0.4, 0.5) is 5.69 Å². The normalized spacial score (nSPS) is 13.1. The van der Waals surface area contributed by atoms with Gasteiger partial charge in [-0.2, -0.15) is 0 Å². The summed E-state index contributed by atoms with van der Waals surface area (Å²) in [6, 6.07) is 13.9. The van der Waals surface area contributed by atoms with E-state index >= 15 is 0 Å². The van der Waals surface area contributed by atoms with Gasteiger partial charge < -0.3 is 5.32 Å². The monoisotopic (exact) mass is 489 g/mol. The van der Waals surface area contributed by atoms with Crippen molar-refractivity contribution in [1.82, 2.24) is 9.55 Å². The molecule has 0 radical (unpaired) electrons. The lowest BCUT2D eigenvalue weighted by Gasteiger charge is -2.14. The van der Waals surface area contributed by atoms with Crippen LogP contribution in [0.25, 0.3) is 15.9 Å².